The van der Waals surface area contributed by atoms with Gasteiger partial charge in [0.1, 0.15) is 0 Å². The predicted molar refractivity (Wildman–Crippen MR) is 119 cm³/mol. The largest absolute Gasteiger partial charge is 0.493 e. The number of hydrogen-bond acceptors (Lipinski definition) is 5. The average molecular weight is 488 g/mol. The quantitative estimate of drug-likeness (QED) is 0.227. The standard InChI is InChI=1S/C22H16BrClN2O4/c1-29-20-11-14(13-25-26-21(27)15-6-8-18(24)9-7-15)5-10-19(20)30-22(28)16-3-2-4-17(23)12-16/h2-13H,1H3,(H,26,27)/b25-13+. The van der Waals surface area contributed by atoms with Crippen molar-refractivity contribution in [3.63, 3.8) is 0 Å². The van der Waals surface area contributed by atoms with E-state index in [1.54, 1.807) is 60.7 Å². The molecule has 0 atom stereocenters. The first-order chi connectivity index (χ1) is 14.5. The summed E-state index contributed by atoms with van der Waals surface area (Å²) in [7, 11) is 1.47. The molecule has 0 radical (unpaired) electrons. The van der Waals surface area contributed by atoms with Crippen LogP contribution in [0.2, 0.25) is 5.02 Å². The third-order valence-electron chi connectivity index (χ3n) is 3.94. The third kappa shape index (κ3) is 5.68. The van der Waals surface area contributed by atoms with Gasteiger partial charge in [0.25, 0.3) is 5.91 Å². The first-order valence-electron chi connectivity index (χ1n) is 8.71. The first-order valence-corrected chi connectivity index (χ1v) is 9.88. The molecule has 30 heavy (non-hydrogen) atoms. The molecule has 0 aromatic heterocycles. The fourth-order valence-corrected chi connectivity index (χ4v) is 2.98. The van der Waals surface area contributed by atoms with Gasteiger partial charge in [0.15, 0.2) is 11.5 Å². The fourth-order valence-electron chi connectivity index (χ4n) is 2.45. The Morgan fingerprint density at radius 1 is 1.00 bits per heavy atom. The highest BCUT2D eigenvalue weighted by Crippen LogP contribution is 2.28. The van der Waals surface area contributed by atoms with Crippen LogP contribution in [-0.2, 0) is 0 Å². The Balaban J connectivity index is 1.67. The number of methoxy groups -OCH3 is 1. The zero-order chi connectivity index (χ0) is 21.5. The number of hydrazone groups is 1. The molecule has 1 N–H and O–H groups in total. The lowest BCUT2D eigenvalue weighted by Crippen LogP contribution is -2.17. The van der Waals surface area contributed by atoms with Gasteiger partial charge in [-0.05, 0) is 66.2 Å². The summed E-state index contributed by atoms with van der Waals surface area (Å²) in [6.45, 7) is 0. The van der Waals surface area contributed by atoms with Crippen molar-refractivity contribution in [3.8, 4) is 11.5 Å². The van der Waals surface area contributed by atoms with Gasteiger partial charge in [-0.1, -0.05) is 33.6 Å². The van der Waals surface area contributed by atoms with Gasteiger partial charge in [0.2, 0.25) is 0 Å². The Bertz CT molecular complexity index is 1100. The van der Waals surface area contributed by atoms with E-state index in [9.17, 15) is 9.59 Å². The van der Waals surface area contributed by atoms with E-state index in [-0.39, 0.29) is 11.7 Å². The van der Waals surface area contributed by atoms with Crippen molar-refractivity contribution < 1.29 is 19.1 Å². The summed E-state index contributed by atoms with van der Waals surface area (Å²) in [4.78, 5) is 24.4. The molecule has 3 rings (SSSR count). The lowest BCUT2D eigenvalue weighted by atomic mass is 10.2. The molecule has 0 bridgehead atoms. The summed E-state index contributed by atoms with van der Waals surface area (Å²) in [5, 5.41) is 4.48. The van der Waals surface area contributed by atoms with E-state index in [1.807, 2.05) is 6.07 Å². The van der Waals surface area contributed by atoms with E-state index in [0.29, 0.717) is 27.5 Å². The second kappa shape index (κ2) is 10.0. The van der Waals surface area contributed by atoms with Gasteiger partial charge in [-0.3, -0.25) is 4.79 Å². The highest BCUT2D eigenvalue weighted by atomic mass is 79.9. The molecule has 3 aromatic rings. The molecule has 0 aliphatic carbocycles. The second-order valence-electron chi connectivity index (χ2n) is 6.02. The number of ether oxygens (including phenoxy) is 2. The SMILES string of the molecule is COc1cc(/C=N/NC(=O)c2ccc(Cl)cc2)ccc1OC(=O)c1cccc(Br)c1. The number of carbonyl (C=O) groups is 2. The number of halogens is 2. The highest BCUT2D eigenvalue weighted by Gasteiger charge is 2.13. The summed E-state index contributed by atoms with van der Waals surface area (Å²) in [6, 6.07) is 18.3. The van der Waals surface area contributed by atoms with Crippen LogP contribution in [0, 0.1) is 0 Å². The molecule has 8 heteroatoms. The number of amides is 1. The van der Waals surface area contributed by atoms with Gasteiger partial charge in [0.05, 0.1) is 18.9 Å². The lowest BCUT2D eigenvalue weighted by Gasteiger charge is -2.10. The van der Waals surface area contributed by atoms with E-state index in [4.69, 9.17) is 21.1 Å². The smallest absolute Gasteiger partial charge is 0.343 e. The number of hydrogen-bond donors (Lipinski definition) is 1. The van der Waals surface area contributed by atoms with Crippen molar-refractivity contribution >= 4 is 45.6 Å². The maximum absolute atomic E-state index is 12.3. The van der Waals surface area contributed by atoms with Gasteiger partial charge < -0.3 is 9.47 Å². The van der Waals surface area contributed by atoms with E-state index in [0.717, 1.165) is 4.47 Å². The van der Waals surface area contributed by atoms with Gasteiger partial charge in [0, 0.05) is 15.1 Å². The zero-order valence-electron chi connectivity index (χ0n) is 15.8. The molecule has 6 nitrogen and oxygen atoms in total. The van der Waals surface area contributed by atoms with Crippen LogP contribution in [-0.4, -0.2) is 25.2 Å². The normalized spacial score (nSPS) is 10.6. The van der Waals surface area contributed by atoms with Crippen LogP contribution in [0.3, 0.4) is 0 Å². The number of carbonyl (C=O) groups excluding carboxylic acids is 2. The minimum absolute atomic E-state index is 0.268. The van der Waals surface area contributed by atoms with Gasteiger partial charge in [-0.2, -0.15) is 5.10 Å². The highest BCUT2D eigenvalue weighted by molar-refractivity contribution is 9.10. The molecule has 3 aromatic carbocycles. The van der Waals surface area contributed by atoms with Crippen molar-refractivity contribution in [3.05, 3.63) is 92.9 Å². The average Bonchev–Trinajstić information content (AvgIpc) is 2.75. The molecule has 0 aliphatic heterocycles. The first kappa shape index (κ1) is 21.5. The van der Waals surface area contributed by atoms with Crippen LogP contribution >= 0.6 is 27.5 Å². The van der Waals surface area contributed by atoms with Crippen LogP contribution in [0.25, 0.3) is 0 Å². The van der Waals surface area contributed by atoms with Gasteiger partial charge in [-0.25, -0.2) is 10.2 Å². The van der Waals surface area contributed by atoms with E-state index < -0.39 is 5.97 Å². The van der Waals surface area contributed by atoms with Crippen molar-refractivity contribution in [2.45, 2.75) is 0 Å². The van der Waals surface area contributed by atoms with Gasteiger partial charge >= 0.3 is 5.97 Å². The zero-order valence-corrected chi connectivity index (χ0v) is 18.1. The van der Waals surface area contributed by atoms with Crippen molar-refractivity contribution in [2.24, 2.45) is 5.10 Å². The Kier molecular flexibility index (Phi) is 7.21. The van der Waals surface area contributed by atoms with Crippen molar-refractivity contribution in [1.29, 1.82) is 0 Å². The van der Waals surface area contributed by atoms with Crippen LogP contribution in [0.5, 0.6) is 11.5 Å². The summed E-state index contributed by atoms with van der Waals surface area (Å²) >= 11 is 9.13. The minimum Gasteiger partial charge on any atom is -0.493 e. The fraction of sp³-hybridized carbons (Fsp3) is 0.0455. The summed E-state index contributed by atoms with van der Waals surface area (Å²) in [5.41, 5.74) is 3.92. The van der Waals surface area contributed by atoms with Crippen LogP contribution in [0.4, 0.5) is 0 Å². The topological polar surface area (TPSA) is 77.0 Å². The number of benzene rings is 3. The second-order valence-corrected chi connectivity index (χ2v) is 7.37. The molecular weight excluding hydrogens is 472 g/mol. The van der Waals surface area contributed by atoms with E-state index >= 15 is 0 Å². The molecule has 0 unspecified atom stereocenters. The Hall–Kier alpha value is -3.16. The van der Waals surface area contributed by atoms with Crippen LogP contribution in [0.1, 0.15) is 26.3 Å². The number of nitrogens with one attached hydrogen (secondary N) is 1. The maximum atomic E-state index is 12.3. The van der Waals surface area contributed by atoms with Crippen LogP contribution in [0.15, 0.2) is 76.3 Å². The Morgan fingerprint density at radius 2 is 1.77 bits per heavy atom. The van der Waals surface area contributed by atoms with Crippen molar-refractivity contribution in [1.82, 2.24) is 5.43 Å². The molecule has 0 fully saturated rings. The third-order valence-corrected chi connectivity index (χ3v) is 4.68. The molecule has 0 aliphatic rings. The molecule has 0 heterocycles. The molecule has 0 spiro atoms. The Morgan fingerprint density at radius 3 is 2.47 bits per heavy atom. The minimum atomic E-state index is -0.508. The number of rotatable bonds is 6. The number of nitrogens with zero attached hydrogens (tertiary/aromatic N) is 1. The monoisotopic (exact) mass is 486 g/mol. The van der Waals surface area contributed by atoms with E-state index in [1.165, 1.54) is 13.3 Å². The molecule has 152 valence electrons. The van der Waals surface area contributed by atoms with E-state index in [2.05, 4.69) is 26.5 Å². The van der Waals surface area contributed by atoms with Crippen LogP contribution < -0.4 is 14.9 Å². The molecule has 0 saturated heterocycles. The summed E-state index contributed by atoms with van der Waals surface area (Å²) in [5.74, 6) is -0.253. The maximum Gasteiger partial charge on any atom is 0.343 e. The molecule has 1 amide bonds. The Labute approximate surface area is 186 Å². The van der Waals surface area contributed by atoms with Crippen molar-refractivity contribution in [2.75, 3.05) is 7.11 Å². The lowest BCUT2D eigenvalue weighted by molar-refractivity contribution is 0.0729. The summed E-state index contributed by atoms with van der Waals surface area (Å²) < 4.78 is 11.5. The molecular formula is C22H16BrClN2O4. The molecule has 0 saturated carbocycles. The predicted octanol–water partition coefficient (Wildman–Crippen LogP) is 5.09. The van der Waals surface area contributed by atoms with Gasteiger partial charge in [-0.15, -0.1) is 0 Å². The number of esters is 1. The summed E-state index contributed by atoms with van der Waals surface area (Å²) in [6.07, 6.45) is 1.45.